The van der Waals surface area contributed by atoms with Crippen molar-refractivity contribution < 1.29 is 19.1 Å². The third-order valence-electron chi connectivity index (χ3n) is 9.47. The van der Waals surface area contributed by atoms with Crippen molar-refractivity contribution >= 4 is 11.7 Å². The Morgan fingerprint density at radius 2 is 2.00 bits per heavy atom. The zero-order valence-electron chi connectivity index (χ0n) is 17.7. The van der Waals surface area contributed by atoms with Crippen molar-refractivity contribution in [3.63, 3.8) is 0 Å². The van der Waals surface area contributed by atoms with Gasteiger partial charge in [-0.25, -0.2) is 0 Å². The Bertz CT molecular complexity index is 972. The minimum atomic E-state index is -0.573. The molecule has 2 aliphatic heterocycles. The Morgan fingerprint density at radius 1 is 1.21 bits per heavy atom. The van der Waals surface area contributed by atoms with Crippen LogP contribution in [0.1, 0.15) is 56.2 Å². The maximum atomic E-state index is 12.9. The lowest BCUT2D eigenvalue weighted by atomic mass is 9.34. The predicted molar refractivity (Wildman–Crippen MR) is 107 cm³/mol. The summed E-state index contributed by atoms with van der Waals surface area (Å²) in [7, 11) is 1.76. The summed E-state index contributed by atoms with van der Waals surface area (Å²) in [6.45, 7) is 6.28. The molecule has 2 heterocycles. The number of rotatable bonds is 2. The summed E-state index contributed by atoms with van der Waals surface area (Å²) in [4.78, 5) is 27.6. The van der Waals surface area contributed by atoms with Gasteiger partial charge in [-0.1, -0.05) is 12.1 Å². The van der Waals surface area contributed by atoms with Crippen molar-refractivity contribution in [1.82, 2.24) is 4.90 Å². The minimum Gasteiger partial charge on any atom is -0.486 e. The van der Waals surface area contributed by atoms with Crippen LogP contribution in [0.25, 0.3) is 0 Å². The summed E-state index contributed by atoms with van der Waals surface area (Å²) in [6, 6.07) is 4.53. The molecule has 1 aromatic carbocycles. The van der Waals surface area contributed by atoms with Crippen molar-refractivity contribution in [2.75, 3.05) is 13.7 Å². The number of hydrogen-bond acceptors (Lipinski definition) is 4. The summed E-state index contributed by atoms with van der Waals surface area (Å²) < 4.78 is 13.1. The fourth-order valence-corrected chi connectivity index (χ4v) is 8.45. The standard InChI is InChI=1S/C24H29NO4/c1-13-5-6-16-11-18-22-7-8-24(28-4,17(12-22)14(2)26)21-23(22,19(16)20(13)29-21)9-10-25(18)15(3)27/h5-6,17-18,21H,7-12H2,1-4H3/t17-,18-,21-,22-,23+,24-/m1/s1. The largest absolute Gasteiger partial charge is 0.486 e. The number of ketones is 1. The van der Waals surface area contributed by atoms with Gasteiger partial charge >= 0.3 is 0 Å². The molecule has 0 N–H and O–H groups in total. The number of fused-ring (bicyclic) bond motifs is 2. The third-order valence-corrected chi connectivity index (χ3v) is 9.47. The van der Waals surface area contributed by atoms with Crippen LogP contribution in [-0.4, -0.2) is 48.0 Å². The highest BCUT2D eigenvalue weighted by molar-refractivity contribution is 5.82. The number of methoxy groups -OCH3 is 1. The van der Waals surface area contributed by atoms with Crippen molar-refractivity contribution in [1.29, 1.82) is 0 Å². The highest BCUT2D eigenvalue weighted by atomic mass is 16.6. The van der Waals surface area contributed by atoms with E-state index in [0.717, 1.165) is 44.4 Å². The Morgan fingerprint density at radius 3 is 2.69 bits per heavy atom. The van der Waals surface area contributed by atoms with Crippen LogP contribution in [0.15, 0.2) is 12.1 Å². The highest BCUT2D eigenvalue weighted by Gasteiger charge is 2.81. The van der Waals surface area contributed by atoms with Crippen LogP contribution < -0.4 is 4.74 Å². The van der Waals surface area contributed by atoms with Gasteiger partial charge in [0.05, 0.1) is 5.92 Å². The molecule has 4 aliphatic carbocycles. The van der Waals surface area contributed by atoms with E-state index < -0.39 is 5.60 Å². The molecule has 29 heavy (non-hydrogen) atoms. The SMILES string of the molecule is CO[C@]12CC[C@@]3(C[C@@H]1C(C)=O)[C@H]1Cc4ccc(C)c5c4[C@@]3(CCN1C(C)=O)[C@H]2O5. The van der Waals surface area contributed by atoms with Crippen LogP contribution >= 0.6 is 0 Å². The molecule has 2 spiro atoms. The van der Waals surface area contributed by atoms with Crippen LogP contribution in [-0.2, 0) is 26.2 Å². The molecule has 6 aliphatic rings. The number of piperidine rings is 1. The number of nitrogens with zero attached hydrogens (tertiary/aromatic N) is 1. The van der Waals surface area contributed by atoms with Gasteiger partial charge in [0.2, 0.25) is 5.91 Å². The number of aryl methyl sites for hydroxylation is 1. The summed E-state index contributed by atoms with van der Waals surface area (Å²) in [5.74, 6) is 1.19. The first-order valence-electron chi connectivity index (χ1n) is 10.9. The number of hydrogen-bond donors (Lipinski definition) is 0. The van der Waals surface area contributed by atoms with Crippen LogP contribution in [0.4, 0.5) is 0 Å². The Balaban J connectivity index is 1.69. The van der Waals surface area contributed by atoms with Crippen molar-refractivity contribution in [2.45, 2.75) is 76.0 Å². The number of Topliss-reactive ketones (excluding diaryl/α,β-unsaturated/α-hetero) is 1. The van der Waals surface area contributed by atoms with E-state index in [9.17, 15) is 9.59 Å². The Kier molecular flexibility index (Phi) is 3.24. The number of amides is 1. The predicted octanol–water partition coefficient (Wildman–Crippen LogP) is 2.95. The first-order chi connectivity index (χ1) is 13.8. The van der Waals surface area contributed by atoms with Gasteiger partial charge in [0.1, 0.15) is 23.2 Å². The Labute approximate surface area is 171 Å². The molecule has 0 unspecified atom stereocenters. The van der Waals surface area contributed by atoms with Crippen LogP contribution in [0.3, 0.4) is 0 Å². The molecule has 4 fully saturated rings. The van der Waals surface area contributed by atoms with Gasteiger partial charge in [-0.3, -0.25) is 9.59 Å². The summed E-state index contributed by atoms with van der Waals surface area (Å²) in [5, 5.41) is 0. The average molecular weight is 395 g/mol. The first-order valence-corrected chi connectivity index (χ1v) is 10.9. The second-order valence-corrected chi connectivity index (χ2v) is 10.1. The molecule has 4 bridgehead atoms. The van der Waals surface area contributed by atoms with Crippen LogP contribution in [0.2, 0.25) is 0 Å². The molecule has 5 heteroatoms. The molecule has 3 saturated carbocycles. The molecule has 1 aromatic rings. The summed E-state index contributed by atoms with van der Waals surface area (Å²) in [5.41, 5.74) is 3.04. The van der Waals surface area contributed by atoms with Crippen LogP contribution in [0, 0.1) is 18.3 Å². The maximum absolute atomic E-state index is 12.9. The van der Waals surface area contributed by atoms with Crippen molar-refractivity contribution in [2.24, 2.45) is 11.3 Å². The Hall–Kier alpha value is -1.88. The molecule has 154 valence electrons. The van der Waals surface area contributed by atoms with Gasteiger partial charge in [-0.15, -0.1) is 0 Å². The molecule has 6 atom stereocenters. The third kappa shape index (κ3) is 1.68. The second kappa shape index (κ2) is 5.23. The van der Waals surface area contributed by atoms with E-state index in [1.54, 1.807) is 21.0 Å². The molecule has 0 aromatic heterocycles. The van der Waals surface area contributed by atoms with E-state index in [-0.39, 0.29) is 40.6 Å². The highest BCUT2D eigenvalue weighted by Crippen LogP contribution is 2.76. The number of carbonyl (C=O) groups is 2. The van der Waals surface area contributed by atoms with Crippen molar-refractivity contribution in [3.05, 3.63) is 28.8 Å². The average Bonchev–Trinajstić information content (AvgIpc) is 3.06. The fourth-order valence-electron chi connectivity index (χ4n) is 8.45. The van der Waals surface area contributed by atoms with E-state index in [0.29, 0.717) is 0 Å². The summed E-state index contributed by atoms with van der Waals surface area (Å²) in [6.07, 6.45) is 4.23. The van der Waals surface area contributed by atoms with Gasteiger partial charge in [-0.2, -0.15) is 0 Å². The van der Waals surface area contributed by atoms with E-state index in [1.165, 1.54) is 16.7 Å². The topological polar surface area (TPSA) is 55.8 Å². The number of carbonyl (C=O) groups excluding carboxylic acids is 2. The quantitative estimate of drug-likeness (QED) is 0.773. The van der Waals surface area contributed by atoms with Gasteiger partial charge in [0, 0.05) is 43.0 Å². The van der Waals surface area contributed by atoms with Crippen molar-refractivity contribution in [3.8, 4) is 5.75 Å². The van der Waals surface area contributed by atoms with E-state index in [4.69, 9.17) is 9.47 Å². The first kappa shape index (κ1) is 17.9. The molecule has 5 nitrogen and oxygen atoms in total. The maximum Gasteiger partial charge on any atom is 0.219 e. The molecular weight excluding hydrogens is 366 g/mol. The molecule has 1 amide bonds. The second-order valence-electron chi connectivity index (χ2n) is 10.1. The molecule has 7 rings (SSSR count). The molecule has 1 saturated heterocycles. The van der Waals surface area contributed by atoms with Gasteiger partial charge in [-0.05, 0) is 57.1 Å². The van der Waals surface area contributed by atoms with Gasteiger partial charge < -0.3 is 14.4 Å². The zero-order valence-corrected chi connectivity index (χ0v) is 17.7. The van der Waals surface area contributed by atoms with E-state index >= 15 is 0 Å². The number of benzene rings is 1. The monoisotopic (exact) mass is 395 g/mol. The number of ether oxygens (including phenoxy) is 2. The van der Waals surface area contributed by atoms with E-state index in [1.807, 2.05) is 0 Å². The minimum absolute atomic E-state index is 0.107. The normalized spacial score (nSPS) is 43.0. The number of likely N-dealkylation sites (tertiary alicyclic amines) is 1. The molecule has 0 radical (unpaired) electrons. The van der Waals surface area contributed by atoms with E-state index in [2.05, 4.69) is 24.0 Å². The van der Waals surface area contributed by atoms with Gasteiger partial charge in [0.15, 0.2) is 0 Å². The molecular formula is C24H29NO4. The fraction of sp³-hybridized carbons (Fsp3) is 0.667. The lowest BCUT2D eigenvalue weighted by Gasteiger charge is -2.73. The lowest BCUT2D eigenvalue weighted by Crippen LogP contribution is -2.81. The lowest BCUT2D eigenvalue weighted by molar-refractivity contribution is -0.269. The van der Waals surface area contributed by atoms with Gasteiger partial charge in [0.25, 0.3) is 0 Å². The summed E-state index contributed by atoms with van der Waals surface area (Å²) >= 11 is 0. The van der Waals surface area contributed by atoms with Crippen LogP contribution in [0.5, 0.6) is 5.75 Å². The smallest absolute Gasteiger partial charge is 0.219 e. The zero-order chi connectivity index (χ0) is 20.3.